The van der Waals surface area contributed by atoms with Crippen molar-refractivity contribution in [3.05, 3.63) is 24.5 Å². The van der Waals surface area contributed by atoms with Gasteiger partial charge in [-0.25, -0.2) is 23.6 Å². The van der Waals surface area contributed by atoms with E-state index in [-0.39, 0.29) is 25.2 Å². The fraction of sp³-hybridized carbons (Fsp3) is 0.711. The van der Waals surface area contributed by atoms with Crippen molar-refractivity contribution in [2.75, 3.05) is 19.4 Å². The van der Waals surface area contributed by atoms with Crippen molar-refractivity contribution in [2.24, 2.45) is 23.5 Å². The Morgan fingerprint density at radius 1 is 1.11 bits per heavy atom. The quantitative estimate of drug-likeness (QED) is 0.187. The molecule has 57 heavy (non-hydrogen) atoms. The van der Waals surface area contributed by atoms with E-state index in [0.717, 1.165) is 11.8 Å². The van der Waals surface area contributed by atoms with Gasteiger partial charge in [0.15, 0.2) is 22.8 Å². The number of carbonyl (C=O) groups is 4. The predicted octanol–water partition coefficient (Wildman–Crippen LogP) is 3.23. The largest absolute Gasteiger partial charge is 0.455 e. The van der Waals surface area contributed by atoms with Crippen LogP contribution in [0.15, 0.2) is 24.5 Å². The molecule has 2 aromatic rings. The zero-order valence-corrected chi connectivity index (χ0v) is 34.7. The number of fused-ring (bicyclic) bond motifs is 1. The van der Waals surface area contributed by atoms with Crippen molar-refractivity contribution in [3.63, 3.8) is 0 Å². The fourth-order valence-corrected chi connectivity index (χ4v) is 9.13. The minimum Gasteiger partial charge on any atom is -0.455 e. The molecule has 2 unspecified atom stereocenters. The zero-order chi connectivity index (χ0) is 42.2. The van der Waals surface area contributed by atoms with Gasteiger partial charge in [0.2, 0.25) is 0 Å². The van der Waals surface area contributed by atoms with E-state index in [9.17, 15) is 24.3 Å². The number of hydrogen-bond acceptors (Lipinski definition) is 16. The maximum absolute atomic E-state index is 16.8. The molecule has 3 aliphatic rings. The number of nitrogens with zero attached hydrogens (tertiary/aromatic N) is 5. The Balaban J connectivity index is 1.48. The molecule has 5 rings (SSSR count). The predicted molar refractivity (Wildman–Crippen MR) is 205 cm³/mol. The molecule has 0 spiro atoms. The molecule has 3 aliphatic heterocycles. The molecule has 0 saturated carbocycles. The van der Waals surface area contributed by atoms with E-state index in [1.807, 2.05) is 0 Å². The summed E-state index contributed by atoms with van der Waals surface area (Å²) in [5.74, 6) is -6.06. The molecular weight excluding hydrogens is 766 g/mol. The number of thiazole rings is 1. The van der Waals surface area contributed by atoms with E-state index in [4.69, 9.17) is 35.2 Å². The molecule has 5 N–H and O–H groups in total. The summed E-state index contributed by atoms with van der Waals surface area (Å²) in [7, 11) is 1.36. The van der Waals surface area contributed by atoms with Crippen LogP contribution in [0.3, 0.4) is 0 Å². The normalized spacial score (nSPS) is 38.6. The van der Waals surface area contributed by atoms with Crippen LogP contribution in [0.4, 0.5) is 14.3 Å². The summed E-state index contributed by atoms with van der Waals surface area (Å²) >= 11 is 1.28. The van der Waals surface area contributed by atoms with E-state index in [1.165, 1.54) is 30.3 Å². The number of aliphatic hydroxyl groups excluding tert-OH is 1. The summed E-state index contributed by atoms with van der Waals surface area (Å²) in [4.78, 5) is 62.4. The average molecular weight is 822 g/mol. The number of ketones is 2. The van der Waals surface area contributed by atoms with Gasteiger partial charge in [-0.1, -0.05) is 56.4 Å². The summed E-state index contributed by atoms with van der Waals surface area (Å²) < 4.78 is 48.3. The maximum Gasteiger partial charge on any atom is 0.411 e. The van der Waals surface area contributed by atoms with Gasteiger partial charge in [-0.15, -0.1) is 5.10 Å². The SMILES string of the molecule is CC[C@H]1OC(=O)[C@@](C)(F)C(=O)[C@H](C)[C@@H](O[C@@H]2O[C@H](C)CC(N)C2O)[C@](C)(OC)C[C@@H](C)C(=O)[C@H](C)[C@H]2N(C/C=C/Cn3cc(-c4cnc(N)s4)nn3)C(=O)O[C@]12C. The number of amides is 1. The molecule has 19 heteroatoms. The van der Waals surface area contributed by atoms with E-state index in [1.54, 1.807) is 70.8 Å². The number of halogens is 1. The summed E-state index contributed by atoms with van der Waals surface area (Å²) in [6.45, 7) is 12.4. The number of anilines is 1. The first-order chi connectivity index (χ1) is 26.7. The molecule has 3 saturated heterocycles. The van der Waals surface area contributed by atoms with Gasteiger partial charge in [0.1, 0.15) is 23.7 Å². The molecule has 2 aromatic heterocycles. The lowest BCUT2D eigenvalue weighted by Gasteiger charge is -2.46. The third-order valence-corrected chi connectivity index (χ3v) is 12.5. The van der Waals surface area contributed by atoms with Gasteiger partial charge in [0.05, 0.1) is 41.5 Å². The van der Waals surface area contributed by atoms with Gasteiger partial charge >= 0.3 is 12.1 Å². The molecule has 1 amide bonds. The number of rotatable bonds is 9. The first kappa shape index (κ1) is 44.2. The highest BCUT2D eigenvalue weighted by Gasteiger charge is 2.61. The summed E-state index contributed by atoms with van der Waals surface area (Å²) in [6, 6.07) is -1.73. The average Bonchev–Trinajstić information content (AvgIpc) is 3.88. The topological polar surface area (TPSA) is 234 Å². The lowest BCUT2D eigenvalue weighted by Crippen LogP contribution is -2.61. The molecule has 5 heterocycles. The molecule has 13 atom stereocenters. The number of Topliss-reactive ketones (excluding diaryl/α,β-unsaturated/α-hetero) is 2. The number of nitrogens with two attached hydrogens (primary N) is 2. The standard InChI is InChI=1S/C38H56FN7O10S/c1-10-26-38(8)29(46(35(51)56-38)14-12-11-13-45-18-24(43-44-45)25-17-42-34(41)57-25)21(4)27(47)19(2)16-36(6,52-9)31(22(5)30(49)37(7,39)33(50)54-26)55-32-28(48)23(40)15-20(3)53-32/h11-12,17-23,26,28-29,31-32,48H,10,13-16,40H2,1-9H3,(H2,41,42)/b12-11+/t19-,20-,21+,22+,23?,26-,28?,29-,31-,32+,36-,37+,38-/m1/s1. The Labute approximate surface area is 335 Å². The number of alkyl halides is 1. The van der Waals surface area contributed by atoms with Crippen LogP contribution in [0.2, 0.25) is 0 Å². The van der Waals surface area contributed by atoms with E-state index < -0.39 is 95.3 Å². The molecule has 0 aliphatic carbocycles. The molecule has 0 bridgehead atoms. The second-order valence-electron chi connectivity index (χ2n) is 16.0. The first-order valence-electron chi connectivity index (χ1n) is 19.2. The summed E-state index contributed by atoms with van der Waals surface area (Å²) in [5.41, 5.74) is 6.18. The Kier molecular flexibility index (Phi) is 13.3. The second kappa shape index (κ2) is 17.1. The van der Waals surface area contributed by atoms with Crippen LogP contribution >= 0.6 is 11.3 Å². The Hall–Kier alpha value is -3.88. The van der Waals surface area contributed by atoms with Crippen molar-refractivity contribution in [2.45, 2.75) is 141 Å². The number of ether oxygens (including phenoxy) is 5. The van der Waals surface area contributed by atoms with Crippen molar-refractivity contribution < 1.29 is 52.4 Å². The lowest BCUT2D eigenvalue weighted by atomic mass is 9.73. The van der Waals surface area contributed by atoms with Crippen molar-refractivity contribution in [1.29, 1.82) is 0 Å². The maximum atomic E-state index is 16.8. The first-order valence-corrected chi connectivity index (χ1v) is 20.0. The van der Waals surface area contributed by atoms with E-state index in [0.29, 0.717) is 23.8 Å². The number of aromatic nitrogens is 4. The number of allylic oxidation sites excluding steroid dienone is 1. The molecule has 0 radical (unpaired) electrons. The van der Waals surface area contributed by atoms with Gasteiger partial charge in [-0.05, 0) is 47.0 Å². The van der Waals surface area contributed by atoms with Gasteiger partial charge in [-0.3, -0.25) is 14.5 Å². The molecule has 17 nitrogen and oxygen atoms in total. The number of hydrogen-bond donors (Lipinski definition) is 3. The van der Waals surface area contributed by atoms with Crippen LogP contribution in [-0.2, 0) is 44.6 Å². The van der Waals surface area contributed by atoms with Crippen LogP contribution in [0.1, 0.15) is 74.7 Å². The molecular formula is C38H56FN7O10S. The minimum atomic E-state index is -3.21. The monoisotopic (exact) mass is 821 g/mol. The number of methoxy groups -OCH3 is 1. The van der Waals surface area contributed by atoms with Crippen LogP contribution in [0, 0.1) is 17.8 Å². The number of cyclic esters (lactones) is 1. The number of esters is 1. The number of nitrogen functional groups attached to an aromatic ring is 1. The highest BCUT2D eigenvalue weighted by Crippen LogP contribution is 2.43. The Morgan fingerprint density at radius 2 is 1.79 bits per heavy atom. The highest BCUT2D eigenvalue weighted by atomic mass is 32.1. The summed E-state index contributed by atoms with van der Waals surface area (Å²) in [5, 5.41) is 19.7. The smallest absolute Gasteiger partial charge is 0.411 e. The van der Waals surface area contributed by atoms with Crippen molar-refractivity contribution >= 4 is 40.1 Å². The van der Waals surface area contributed by atoms with Gasteiger partial charge in [0.25, 0.3) is 5.67 Å². The number of carbonyl (C=O) groups excluding carboxylic acids is 4. The van der Waals surface area contributed by atoms with Gasteiger partial charge in [-0.2, -0.15) is 0 Å². The molecule has 316 valence electrons. The van der Waals surface area contributed by atoms with Crippen LogP contribution in [-0.4, -0.2) is 127 Å². The fourth-order valence-electron chi connectivity index (χ4n) is 8.49. The third-order valence-electron chi connectivity index (χ3n) is 11.7. The summed E-state index contributed by atoms with van der Waals surface area (Å²) in [6.07, 6.45) is 0.712. The van der Waals surface area contributed by atoms with Crippen LogP contribution in [0.25, 0.3) is 10.6 Å². The zero-order valence-electron chi connectivity index (χ0n) is 33.9. The Bertz CT molecular complexity index is 1820. The second-order valence-corrected chi connectivity index (χ2v) is 17.1. The van der Waals surface area contributed by atoms with Crippen LogP contribution in [0.5, 0.6) is 0 Å². The highest BCUT2D eigenvalue weighted by molar-refractivity contribution is 7.18. The Morgan fingerprint density at radius 3 is 2.42 bits per heavy atom. The van der Waals surface area contributed by atoms with E-state index in [2.05, 4.69) is 15.3 Å². The molecule has 0 aromatic carbocycles. The molecule has 3 fully saturated rings. The lowest BCUT2D eigenvalue weighted by molar-refractivity contribution is -0.288. The van der Waals surface area contributed by atoms with E-state index >= 15 is 4.39 Å². The van der Waals surface area contributed by atoms with Crippen molar-refractivity contribution in [3.8, 4) is 10.6 Å². The minimum absolute atomic E-state index is 0.00476. The van der Waals surface area contributed by atoms with Gasteiger partial charge < -0.3 is 40.3 Å². The van der Waals surface area contributed by atoms with Crippen molar-refractivity contribution in [1.82, 2.24) is 24.9 Å². The third kappa shape index (κ3) is 8.78. The van der Waals surface area contributed by atoms with Crippen LogP contribution < -0.4 is 11.5 Å². The van der Waals surface area contributed by atoms with Gasteiger partial charge in [0, 0.05) is 43.6 Å². The number of aliphatic hydroxyl groups is 1.